The number of aromatic amines is 1. The van der Waals surface area contributed by atoms with E-state index >= 15 is 0 Å². The summed E-state index contributed by atoms with van der Waals surface area (Å²) < 4.78 is 32.8. The lowest BCUT2D eigenvalue weighted by Crippen LogP contribution is -2.47. The average Bonchev–Trinajstić information content (AvgIpc) is 3.15. The predicted molar refractivity (Wildman–Crippen MR) is 100 cm³/mol. The van der Waals surface area contributed by atoms with Crippen LogP contribution < -0.4 is 9.46 Å². The van der Waals surface area contributed by atoms with E-state index in [0.717, 1.165) is 13.1 Å². The topological polar surface area (TPSA) is 108 Å². The van der Waals surface area contributed by atoms with Gasteiger partial charge < -0.3 is 14.5 Å². The highest BCUT2D eigenvalue weighted by Gasteiger charge is 2.25. The third-order valence-electron chi connectivity index (χ3n) is 4.27. The van der Waals surface area contributed by atoms with Crippen molar-refractivity contribution in [3.63, 3.8) is 0 Å². The number of nitrogens with zero attached hydrogens (tertiary/aromatic N) is 3. The van der Waals surface area contributed by atoms with E-state index in [1.165, 1.54) is 6.07 Å². The molecular weight excluding hydrogens is 370 g/mol. The van der Waals surface area contributed by atoms with Crippen LogP contribution in [0, 0.1) is 0 Å². The molecule has 2 heterocycles. The van der Waals surface area contributed by atoms with Gasteiger partial charge in [-0.2, -0.15) is 13.5 Å². The van der Waals surface area contributed by atoms with Gasteiger partial charge >= 0.3 is 0 Å². The molecule has 27 heavy (non-hydrogen) atoms. The smallest absolute Gasteiger partial charge is 0.278 e. The first-order chi connectivity index (χ1) is 12.9. The summed E-state index contributed by atoms with van der Waals surface area (Å²) in [5.41, 5.74) is 0.478. The Labute approximate surface area is 158 Å². The lowest BCUT2D eigenvalue weighted by atomic mass is 10.3. The number of carbonyl (C=O) groups is 1. The lowest BCUT2D eigenvalue weighted by molar-refractivity contribution is 0.0658. The highest BCUT2D eigenvalue weighted by molar-refractivity contribution is 7.92. The summed E-state index contributed by atoms with van der Waals surface area (Å²) in [5.74, 6) is 0.379. The Kier molecular flexibility index (Phi) is 5.66. The molecule has 0 saturated carbocycles. The second-order valence-electron chi connectivity index (χ2n) is 6.28. The molecule has 1 saturated heterocycles. The van der Waals surface area contributed by atoms with Crippen molar-refractivity contribution in [2.75, 3.05) is 44.6 Å². The van der Waals surface area contributed by atoms with Crippen molar-refractivity contribution in [1.82, 2.24) is 20.0 Å². The Morgan fingerprint density at radius 1 is 1.22 bits per heavy atom. The highest BCUT2D eigenvalue weighted by Crippen LogP contribution is 2.19. The summed E-state index contributed by atoms with van der Waals surface area (Å²) in [6.07, 6.45) is 0. The fraction of sp³-hybridized carbons (Fsp3) is 0.412. The molecular formula is C17H23N5O4S. The lowest BCUT2D eigenvalue weighted by Gasteiger charge is -2.31. The van der Waals surface area contributed by atoms with E-state index in [1.807, 2.05) is 14.0 Å². The van der Waals surface area contributed by atoms with Gasteiger partial charge in [0.05, 0.1) is 6.61 Å². The third kappa shape index (κ3) is 4.58. The number of rotatable bonds is 6. The minimum absolute atomic E-state index is 0.0895. The van der Waals surface area contributed by atoms with Gasteiger partial charge in [-0.05, 0) is 38.2 Å². The first kappa shape index (κ1) is 19.2. The number of benzene rings is 1. The number of hydrogen-bond acceptors (Lipinski definition) is 6. The van der Waals surface area contributed by atoms with Crippen LogP contribution in [0.5, 0.6) is 5.75 Å². The van der Waals surface area contributed by atoms with Gasteiger partial charge in [-0.1, -0.05) is 0 Å². The number of likely N-dealkylation sites (N-methyl/N-ethyl adjacent to an activating group) is 1. The van der Waals surface area contributed by atoms with Crippen LogP contribution in [-0.4, -0.2) is 74.2 Å². The number of nitrogens with one attached hydrogen (secondary N) is 2. The Hall–Kier alpha value is -2.59. The van der Waals surface area contributed by atoms with Gasteiger partial charge in [0, 0.05) is 37.9 Å². The highest BCUT2D eigenvalue weighted by atomic mass is 32.2. The number of H-pyrrole nitrogens is 1. The van der Waals surface area contributed by atoms with Crippen molar-refractivity contribution in [2.45, 2.75) is 11.9 Å². The van der Waals surface area contributed by atoms with E-state index in [4.69, 9.17) is 4.74 Å². The van der Waals surface area contributed by atoms with Crippen LogP contribution in [0.4, 0.5) is 5.69 Å². The summed E-state index contributed by atoms with van der Waals surface area (Å²) in [7, 11) is -1.88. The zero-order valence-electron chi connectivity index (χ0n) is 15.3. The number of ether oxygens (including phenoxy) is 1. The Bertz CT molecular complexity index is 886. The van der Waals surface area contributed by atoms with Crippen LogP contribution in [0.25, 0.3) is 0 Å². The summed E-state index contributed by atoms with van der Waals surface area (Å²) in [6.45, 7) is 5.14. The van der Waals surface area contributed by atoms with E-state index in [9.17, 15) is 13.2 Å². The number of aromatic nitrogens is 2. The second kappa shape index (κ2) is 7.97. The van der Waals surface area contributed by atoms with Crippen LogP contribution >= 0.6 is 0 Å². The van der Waals surface area contributed by atoms with E-state index in [-0.39, 0.29) is 16.6 Å². The SMILES string of the molecule is CCOc1ccc(NS(=O)(=O)c2cc(C(=O)N3CCN(C)CC3)n[nH]2)cc1. The fourth-order valence-electron chi connectivity index (χ4n) is 2.72. The molecule has 0 bridgehead atoms. The molecule has 1 fully saturated rings. The zero-order chi connectivity index (χ0) is 19.4. The quantitative estimate of drug-likeness (QED) is 0.758. The molecule has 0 aliphatic carbocycles. The summed E-state index contributed by atoms with van der Waals surface area (Å²) in [4.78, 5) is 16.3. The zero-order valence-corrected chi connectivity index (χ0v) is 16.1. The molecule has 2 N–H and O–H groups in total. The van der Waals surface area contributed by atoms with Gasteiger partial charge in [0.25, 0.3) is 15.9 Å². The molecule has 3 rings (SSSR count). The third-order valence-corrected chi connectivity index (χ3v) is 5.56. The molecule has 0 atom stereocenters. The van der Waals surface area contributed by atoms with Gasteiger partial charge in [-0.25, -0.2) is 0 Å². The van der Waals surface area contributed by atoms with Crippen LogP contribution in [0.3, 0.4) is 0 Å². The number of sulfonamides is 1. The standard InChI is InChI=1S/C17H23N5O4S/c1-3-26-14-6-4-13(5-7-14)20-27(24,25)16-12-15(18-19-16)17(23)22-10-8-21(2)9-11-22/h4-7,12,20H,3,8-11H2,1-2H3,(H,18,19). The molecule has 1 aliphatic rings. The molecule has 1 aromatic carbocycles. The van der Waals surface area contributed by atoms with Crippen molar-refractivity contribution in [3.05, 3.63) is 36.0 Å². The van der Waals surface area contributed by atoms with Gasteiger partial charge in [-0.15, -0.1) is 0 Å². The van der Waals surface area contributed by atoms with Crippen molar-refractivity contribution < 1.29 is 17.9 Å². The van der Waals surface area contributed by atoms with E-state index < -0.39 is 10.0 Å². The van der Waals surface area contributed by atoms with E-state index in [0.29, 0.717) is 31.1 Å². The maximum absolute atomic E-state index is 12.5. The molecule has 146 valence electrons. The van der Waals surface area contributed by atoms with Crippen LogP contribution in [-0.2, 0) is 10.0 Å². The van der Waals surface area contributed by atoms with E-state index in [1.54, 1.807) is 29.2 Å². The van der Waals surface area contributed by atoms with Gasteiger partial charge in [0.15, 0.2) is 10.7 Å². The molecule has 1 aliphatic heterocycles. The predicted octanol–water partition coefficient (Wildman–Crippen LogP) is 0.997. The monoisotopic (exact) mass is 393 g/mol. The van der Waals surface area contributed by atoms with Gasteiger partial charge in [0.2, 0.25) is 0 Å². The van der Waals surface area contributed by atoms with E-state index in [2.05, 4.69) is 19.8 Å². The second-order valence-corrected chi connectivity index (χ2v) is 7.93. The molecule has 1 amide bonds. The Morgan fingerprint density at radius 2 is 1.89 bits per heavy atom. The van der Waals surface area contributed by atoms with Crippen LogP contribution in [0.1, 0.15) is 17.4 Å². The normalized spacial score (nSPS) is 15.6. The van der Waals surface area contributed by atoms with Crippen LogP contribution in [0.15, 0.2) is 35.4 Å². The van der Waals surface area contributed by atoms with Crippen molar-refractivity contribution in [3.8, 4) is 5.75 Å². The van der Waals surface area contributed by atoms with Crippen molar-refractivity contribution in [1.29, 1.82) is 0 Å². The fourth-order valence-corrected chi connectivity index (χ4v) is 3.71. The molecule has 9 nitrogen and oxygen atoms in total. The minimum atomic E-state index is -3.88. The molecule has 10 heteroatoms. The molecule has 0 spiro atoms. The van der Waals surface area contributed by atoms with Gasteiger partial charge in [0.1, 0.15) is 5.75 Å². The molecule has 0 radical (unpaired) electrons. The first-order valence-electron chi connectivity index (χ1n) is 8.68. The Balaban J connectivity index is 1.69. The van der Waals surface area contributed by atoms with Crippen molar-refractivity contribution >= 4 is 21.6 Å². The average molecular weight is 393 g/mol. The number of carbonyl (C=O) groups excluding carboxylic acids is 1. The van der Waals surface area contributed by atoms with Crippen LogP contribution in [0.2, 0.25) is 0 Å². The first-order valence-corrected chi connectivity index (χ1v) is 10.2. The number of amides is 1. The largest absolute Gasteiger partial charge is 0.494 e. The number of anilines is 1. The Morgan fingerprint density at radius 3 is 2.52 bits per heavy atom. The molecule has 0 unspecified atom stereocenters. The number of hydrogen-bond donors (Lipinski definition) is 2. The summed E-state index contributed by atoms with van der Waals surface area (Å²) >= 11 is 0. The molecule has 2 aromatic rings. The molecule has 1 aromatic heterocycles. The maximum Gasteiger partial charge on any atom is 0.278 e. The minimum Gasteiger partial charge on any atom is -0.494 e. The number of piperazine rings is 1. The van der Waals surface area contributed by atoms with Gasteiger partial charge in [-0.3, -0.25) is 14.6 Å². The van der Waals surface area contributed by atoms with Crippen molar-refractivity contribution in [2.24, 2.45) is 0 Å². The maximum atomic E-state index is 12.5. The summed E-state index contributed by atoms with van der Waals surface area (Å²) in [5, 5.41) is 6.17. The summed E-state index contributed by atoms with van der Waals surface area (Å²) in [6, 6.07) is 7.83.